The monoisotopic (exact) mass is 296 g/mol. The molecule has 21 heavy (non-hydrogen) atoms. The second-order valence-corrected chi connectivity index (χ2v) is 7.16. The summed E-state index contributed by atoms with van der Waals surface area (Å²) in [6, 6.07) is 1.17. The van der Waals surface area contributed by atoms with E-state index in [-0.39, 0.29) is 5.97 Å². The summed E-state index contributed by atoms with van der Waals surface area (Å²) in [5.41, 5.74) is -0.480. The summed E-state index contributed by atoms with van der Waals surface area (Å²) in [6.45, 7) is 2.37. The van der Waals surface area contributed by atoms with Gasteiger partial charge in [0.25, 0.3) is 0 Å². The zero-order chi connectivity index (χ0) is 15.5. The Bertz CT molecular complexity index is 361. The van der Waals surface area contributed by atoms with Gasteiger partial charge in [-0.15, -0.1) is 0 Å². The molecular formula is C17H32N2O2. The van der Waals surface area contributed by atoms with Gasteiger partial charge in [0.05, 0.1) is 7.11 Å². The lowest BCUT2D eigenvalue weighted by molar-refractivity contribution is -0.151. The highest BCUT2D eigenvalue weighted by Crippen LogP contribution is 2.35. The molecule has 0 aliphatic heterocycles. The number of hydrogen-bond acceptors (Lipinski definition) is 4. The molecule has 0 amide bonds. The fraction of sp³-hybridized carbons (Fsp3) is 0.941. The fourth-order valence-electron chi connectivity index (χ4n) is 4.37. The van der Waals surface area contributed by atoms with Crippen molar-refractivity contribution < 1.29 is 9.53 Å². The number of likely N-dealkylation sites (N-methyl/N-ethyl adjacent to an activating group) is 1. The van der Waals surface area contributed by atoms with Gasteiger partial charge in [0.1, 0.15) is 5.54 Å². The molecule has 1 N–H and O–H groups in total. The highest BCUT2D eigenvalue weighted by atomic mass is 16.5. The van der Waals surface area contributed by atoms with Crippen LogP contribution in [-0.2, 0) is 9.53 Å². The van der Waals surface area contributed by atoms with Gasteiger partial charge in [-0.2, -0.15) is 0 Å². The highest BCUT2D eigenvalue weighted by molar-refractivity contribution is 5.81. The van der Waals surface area contributed by atoms with Crippen molar-refractivity contribution in [3.63, 3.8) is 0 Å². The van der Waals surface area contributed by atoms with Crippen molar-refractivity contribution in [2.24, 2.45) is 5.92 Å². The number of carbonyl (C=O) groups excluding carboxylic acids is 1. The van der Waals surface area contributed by atoms with E-state index in [0.717, 1.165) is 25.2 Å². The molecule has 0 aromatic rings. The van der Waals surface area contributed by atoms with Crippen LogP contribution in [0.5, 0.6) is 0 Å². The van der Waals surface area contributed by atoms with E-state index >= 15 is 0 Å². The summed E-state index contributed by atoms with van der Waals surface area (Å²) in [7, 11) is 5.65. The molecule has 0 spiro atoms. The van der Waals surface area contributed by atoms with E-state index in [1.165, 1.54) is 39.2 Å². The molecular weight excluding hydrogens is 264 g/mol. The van der Waals surface area contributed by atoms with E-state index < -0.39 is 5.54 Å². The van der Waals surface area contributed by atoms with Gasteiger partial charge in [-0.05, 0) is 58.5 Å². The molecule has 0 aromatic carbocycles. The SMILES string of the molecule is CNC1(C(=O)OC)CCCC(N(C)C2CCCC(C)C2)C1. The number of hydrogen-bond donors (Lipinski definition) is 1. The molecule has 4 nitrogen and oxygen atoms in total. The number of nitrogens with zero attached hydrogens (tertiary/aromatic N) is 1. The second-order valence-electron chi connectivity index (χ2n) is 7.16. The first-order valence-electron chi connectivity index (χ1n) is 8.51. The van der Waals surface area contributed by atoms with E-state index in [1.807, 2.05) is 7.05 Å². The average Bonchev–Trinajstić information content (AvgIpc) is 2.53. The van der Waals surface area contributed by atoms with Gasteiger partial charge in [-0.1, -0.05) is 19.8 Å². The minimum atomic E-state index is -0.480. The second kappa shape index (κ2) is 7.10. The van der Waals surface area contributed by atoms with Crippen molar-refractivity contribution in [2.45, 2.75) is 75.9 Å². The van der Waals surface area contributed by atoms with Gasteiger partial charge in [-0.25, -0.2) is 0 Å². The normalized spacial score (nSPS) is 37.5. The maximum absolute atomic E-state index is 12.2. The maximum Gasteiger partial charge on any atom is 0.326 e. The Balaban J connectivity index is 2.04. The largest absolute Gasteiger partial charge is 0.468 e. The van der Waals surface area contributed by atoms with Crippen LogP contribution >= 0.6 is 0 Å². The van der Waals surface area contributed by atoms with Crippen molar-refractivity contribution in [2.75, 3.05) is 21.2 Å². The Kier molecular flexibility index (Phi) is 5.67. The topological polar surface area (TPSA) is 41.6 Å². The molecule has 4 heteroatoms. The van der Waals surface area contributed by atoms with Gasteiger partial charge in [-0.3, -0.25) is 4.79 Å². The third-order valence-corrected chi connectivity index (χ3v) is 5.84. The van der Waals surface area contributed by atoms with E-state index in [1.54, 1.807) is 0 Å². The summed E-state index contributed by atoms with van der Waals surface area (Å²) in [5.74, 6) is 0.740. The van der Waals surface area contributed by atoms with Crippen LogP contribution in [0.4, 0.5) is 0 Å². The van der Waals surface area contributed by atoms with Crippen molar-refractivity contribution in [1.82, 2.24) is 10.2 Å². The minimum Gasteiger partial charge on any atom is -0.468 e. The molecule has 122 valence electrons. The molecule has 0 bridgehead atoms. The van der Waals surface area contributed by atoms with E-state index in [4.69, 9.17) is 4.74 Å². The number of carbonyl (C=O) groups is 1. The summed E-state index contributed by atoms with van der Waals surface area (Å²) >= 11 is 0. The lowest BCUT2D eigenvalue weighted by Crippen LogP contribution is -2.58. The predicted molar refractivity (Wildman–Crippen MR) is 85.2 cm³/mol. The van der Waals surface area contributed by atoms with Crippen LogP contribution in [0.25, 0.3) is 0 Å². The number of nitrogens with one attached hydrogen (secondary N) is 1. The molecule has 4 atom stereocenters. The van der Waals surface area contributed by atoms with Crippen LogP contribution in [0, 0.1) is 5.92 Å². The first-order chi connectivity index (χ1) is 10.0. The fourth-order valence-corrected chi connectivity index (χ4v) is 4.37. The Labute approximate surface area is 129 Å². The number of esters is 1. The van der Waals surface area contributed by atoms with E-state index in [2.05, 4.69) is 24.2 Å². The smallest absolute Gasteiger partial charge is 0.326 e. The standard InChI is InChI=1S/C17H32N2O2/c1-13-7-5-8-14(11-13)19(3)15-9-6-10-17(12-15,18-2)16(20)21-4/h13-15,18H,5-12H2,1-4H3. The molecule has 0 heterocycles. The first-order valence-corrected chi connectivity index (χ1v) is 8.51. The number of ether oxygens (including phenoxy) is 1. The third kappa shape index (κ3) is 3.59. The first kappa shape index (κ1) is 16.8. The third-order valence-electron chi connectivity index (χ3n) is 5.84. The highest BCUT2D eigenvalue weighted by Gasteiger charge is 2.44. The van der Waals surface area contributed by atoms with E-state index in [0.29, 0.717) is 12.1 Å². The van der Waals surface area contributed by atoms with Crippen LogP contribution in [0.2, 0.25) is 0 Å². The summed E-state index contributed by atoms with van der Waals surface area (Å²) in [6.07, 6.45) is 9.38. The van der Waals surface area contributed by atoms with Crippen LogP contribution in [0.3, 0.4) is 0 Å². The Morgan fingerprint density at radius 1 is 1.24 bits per heavy atom. The Hall–Kier alpha value is -0.610. The van der Waals surface area contributed by atoms with Crippen molar-refractivity contribution in [3.05, 3.63) is 0 Å². The molecule has 0 aromatic heterocycles. The Morgan fingerprint density at radius 3 is 2.57 bits per heavy atom. The molecule has 2 fully saturated rings. The molecule has 4 unspecified atom stereocenters. The van der Waals surface area contributed by atoms with Crippen LogP contribution in [-0.4, -0.2) is 49.7 Å². The van der Waals surface area contributed by atoms with Gasteiger partial charge >= 0.3 is 5.97 Å². The Morgan fingerprint density at radius 2 is 1.95 bits per heavy atom. The zero-order valence-electron chi connectivity index (χ0n) is 14.2. The van der Waals surface area contributed by atoms with Crippen molar-refractivity contribution >= 4 is 5.97 Å². The zero-order valence-corrected chi connectivity index (χ0v) is 14.2. The van der Waals surface area contributed by atoms with Gasteiger partial charge in [0.2, 0.25) is 0 Å². The van der Waals surface area contributed by atoms with Gasteiger partial charge in [0.15, 0.2) is 0 Å². The van der Waals surface area contributed by atoms with Crippen LogP contribution in [0.1, 0.15) is 58.3 Å². The van der Waals surface area contributed by atoms with Crippen LogP contribution in [0.15, 0.2) is 0 Å². The molecule has 0 saturated heterocycles. The predicted octanol–water partition coefficient (Wildman–Crippen LogP) is 2.57. The van der Waals surface area contributed by atoms with Crippen molar-refractivity contribution in [3.8, 4) is 0 Å². The average molecular weight is 296 g/mol. The quantitative estimate of drug-likeness (QED) is 0.810. The van der Waals surface area contributed by atoms with Gasteiger partial charge < -0.3 is 15.0 Å². The molecule has 0 radical (unpaired) electrons. The van der Waals surface area contributed by atoms with Crippen molar-refractivity contribution in [1.29, 1.82) is 0 Å². The summed E-state index contributed by atoms with van der Waals surface area (Å²) in [5, 5.41) is 3.26. The summed E-state index contributed by atoms with van der Waals surface area (Å²) in [4.78, 5) is 14.8. The molecule has 2 saturated carbocycles. The number of rotatable bonds is 4. The minimum absolute atomic E-state index is 0.0971. The molecule has 2 rings (SSSR count). The summed E-state index contributed by atoms with van der Waals surface area (Å²) < 4.78 is 5.05. The maximum atomic E-state index is 12.2. The molecule has 2 aliphatic carbocycles. The molecule has 2 aliphatic rings. The van der Waals surface area contributed by atoms with E-state index in [9.17, 15) is 4.79 Å². The van der Waals surface area contributed by atoms with Gasteiger partial charge in [0, 0.05) is 12.1 Å². The lowest BCUT2D eigenvalue weighted by atomic mass is 9.77. The lowest BCUT2D eigenvalue weighted by Gasteiger charge is -2.45. The van der Waals surface area contributed by atoms with Crippen LogP contribution < -0.4 is 5.32 Å². The number of methoxy groups -OCH3 is 1.